The van der Waals surface area contributed by atoms with E-state index < -0.39 is 5.60 Å². The lowest BCUT2D eigenvalue weighted by molar-refractivity contribution is -0.119. The van der Waals surface area contributed by atoms with E-state index in [0.717, 1.165) is 41.9 Å². The third-order valence-corrected chi connectivity index (χ3v) is 4.89. The van der Waals surface area contributed by atoms with Gasteiger partial charge < -0.3 is 20.2 Å². The number of rotatable bonds is 5. The van der Waals surface area contributed by atoms with Crippen molar-refractivity contribution in [2.75, 3.05) is 19.9 Å². The summed E-state index contributed by atoms with van der Waals surface area (Å²) in [4.78, 5) is 14.3. The first-order valence-corrected chi connectivity index (χ1v) is 7.94. The predicted molar refractivity (Wildman–Crippen MR) is 88.7 cm³/mol. The van der Waals surface area contributed by atoms with Gasteiger partial charge in [-0.1, -0.05) is 0 Å². The van der Waals surface area contributed by atoms with Gasteiger partial charge in [0, 0.05) is 12.7 Å². The van der Waals surface area contributed by atoms with Crippen LogP contribution in [0.4, 0.5) is 5.82 Å². The Bertz CT molecular complexity index is 736. The van der Waals surface area contributed by atoms with Gasteiger partial charge in [0.05, 0.1) is 31.3 Å². The molecule has 2 aromatic rings. The van der Waals surface area contributed by atoms with E-state index in [2.05, 4.69) is 14.5 Å². The molecule has 0 spiro atoms. The highest BCUT2D eigenvalue weighted by atomic mass is 16.7. The zero-order chi connectivity index (χ0) is 16.8. The number of nitrogens with two attached hydrogens (primary N) is 1. The molecule has 0 saturated heterocycles. The molecular weight excluding hydrogens is 294 g/mol. The minimum Gasteiger partial charge on any atom is -0.388 e. The van der Waals surface area contributed by atoms with Gasteiger partial charge in [-0.2, -0.15) is 5.06 Å². The molecule has 1 aliphatic carbocycles. The van der Waals surface area contributed by atoms with Crippen LogP contribution in [0.15, 0.2) is 0 Å². The van der Waals surface area contributed by atoms with Crippen LogP contribution in [0.3, 0.4) is 0 Å². The van der Waals surface area contributed by atoms with E-state index in [-0.39, 0.29) is 0 Å². The Morgan fingerprint density at radius 3 is 2.61 bits per heavy atom. The second-order valence-electron chi connectivity index (χ2n) is 6.57. The molecule has 3 N–H and O–H groups in total. The topological polar surface area (TPSA) is 89.4 Å². The van der Waals surface area contributed by atoms with Gasteiger partial charge in [0.25, 0.3) is 0 Å². The largest absolute Gasteiger partial charge is 0.388 e. The summed E-state index contributed by atoms with van der Waals surface area (Å²) >= 11 is 0. The molecule has 0 amide bonds. The molecule has 23 heavy (non-hydrogen) atoms. The number of aryl methyl sites for hydroxylation is 2. The van der Waals surface area contributed by atoms with Crippen LogP contribution in [0.25, 0.3) is 11.0 Å². The maximum Gasteiger partial charge on any atom is 0.151 e. The molecule has 3 rings (SSSR count). The van der Waals surface area contributed by atoms with Crippen molar-refractivity contribution in [3.8, 4) is 0 Å². The van der Waals surface area contributed by atoms with Crippen LogP contribution in [0.1, 0.15) is 36.3 Å². The number of anilines is 1. The molecule has 0 bridgehead atoms. The van der Waals surface area contributed by atoms with E-state index in [1.807, 2.05) is 20.9 Å². The molecule has 1 fully saturated rings. The van der Waals surface area contributed by atoms with Crippen LogP contribution in [0, 0.1) is 13.8 Å². The molecule has 0 radical (unpaired) electrons. The standard InChI is InChI=1S/C16H25N5O2/c1-10-11(2)18-15(17)13-14(10)21(9-16(22)6-5-7-16)12(19-13)8-20(3)23-4/h22H,5-9H2,1-4H3,(H2,17,18). The zero-order valence-corrected chi connectivity index (χ0v) is 14.3. The summed E-state index contributed by atoms with van der Waals surface area (Å²) < 4.78 is 2.09. The molecule has 1 aliphatic rings. The number of hydroxylamine groups is 2. The van der Waals surface area contributed by atoms with Crippen molar-refractivity contribution in [1.29, 1.82) is 0 Å². The van der Waals surface area contributed by atoms with Gasteiger partial charge in [0.2, 0.25) is 0 Å². The first-order chi connectivity index (χ1) is 10.8. The minimum atomic E-state index is -0.646. The second-order valence-corrected chi connectivity index (χ2v) is 6.57. The van der Waals surface area contributed by atoms with Crippen molar-refractivity contribution in [2.24, 2.45) is 0 Å². The lowest BCUT2D eigenvalue weighted by Gasteiger charge is -2.37. The van der Waals surface area contributed by atoms with Crippen LogP contribution in [0.2, 0.25) is 0 Å². The number of aliphatic hydroxyl groups is 1. The van der Waals surface area contributed by atoms with Crippen molar-refractivity contribution in [2.45, 2.75) is 51.8 Å². The second kappa shape index (κ2) is 5.74. The monoisotopic (exact) mass is 319 g/mol. The fraction of sp³-hybridized carbons (Fsp3) is 0.625. The van der Waals surface area contributed by atoms with E-state index in [0.29, 0.717) is 24.4 Å². The first kappa shape index (κ1) is 16.2. The predicted octanol–water partition coefficient (Wildman–Crippen LogP) is 1.54. The van der Waals surface area contributed by atoms with E-state index in [1.165, 1.54) is 0 Å². The first-order valence-electron chi connectivity index (χ1n) is 7.94. The smallest absolute Gasteiger partial charge is 0.151 e. The van der Waals surface area contributed by atoms with Crippen molar-refractivity contribution < 1.29 is 9.94 Å². The van der Waals surface area contributed by atoms with Gasteiger partial charge in [-0.3, -0.25) is 0 Å². The lowest BCUT2D eigenvalue weighted by Crippen LogP contribution is -2.41. The van der Waals surface area contributed by atoms with Crippen molar-refractivity contribution in [1.82, 2.24) is 19.6 Å². The van der Waals surface area contributed by atoms with Crippen molar-refractivity contribution in [3.63, 3.8) is 0 Å². The fourth-order valence-corrected chi connectivity index (χ4v) is 3.14. The van der Waals surface area contributed by atoms with Crippen LogP contribution in [-0.2, 0) is 17.9 Å². The zero-order valence-electron chi connectivity index (χ0n) is 14.3. The Hall–Kier alpha value is -1.70. The van der Waals surface area contributed by atoms with Crippen LogP contribution in [0.5, 0.6) is 0 Å². The summed E-state index contributed by atoms with van der Waals surface area (Å²) in [5.74, 6) is 1.26. The molecule has 0 atom stereocenters. The van der Waals surface area contributed by atoms with Crippen molar-refractivity contribution >= 4 is 16.9 Å². The molecule has 0 unspecified atom stereocenters. The molecule has 2 aromatic heterocycles. The molecule has 7 heteroatoms. The van der Waals surface area contributed by atoms with Crippen LogP contribution >= 0.6 is 0 Å². The summed E-state index contributed by atoms with van der Waals surface area (Å²) in [5.41, 5.74) is 9.06. The Kier molecular flexibility index (Phi) is 4.03. The fourth-order valence-electron chi connectivity index (χ4n) is 3.14. The number of aromatic nitrogens is 3. The van der Waals surface area contributed by atoms with E-state index in [4.69, 9.17) is 10.6 Å². The van der Waals surface area contributed by atoms with Gasteiger partial charge in [-0.05, 0) is 38.7 Å². The Balaban J connectivity index is 2.16. The quantitative estimate of drug-likeness (QED) is 0.813. The summed E-state index contributed by atoms with van der Waals surface area (Å²) in [7, 11) is 3.47. The van der Waals surface area contributed by atoms with Gasteiger partial charge >= 0.3 is 0 Å². The molecule has 1 saturated carbocycles. The SMILES string of the molecule is CON(C)Cc1nc2c(N)nc(C)c(C)c2n1CC1(O)CCC1. The van der Waals surface area contributed by atoms with Gasteiger partial charge in [-0.25, -0.2) is 9.97 Å². The number of pyridine rings is 1. The van der Waals surface area contributed by atoms with Crippen LogP contribution < -0.4 is 5.73 Å². The Labute approximate surface area is 136 Å². The molecule has 126 valence electrons. The highest BCUT2D eigenvalue weighted by Gasteiger charge is 2.36. The number of hydrogen-bond acceptors (Lipinski definition) is 6. The average Bonchev–Trinajstić information content (AvgIpc) is 2.82. The van der Waals surface area contributed by atoms with Gasteiger partial charge in [0.1, 0.15) is 11.3 Å². The number of nitrogens with zero attached hydrogens (tertiary/aromatic N) is 4. The summed E-state index contributed by atoms with van der Waals surface area (Å²) in [5, 5.41) is 12.3. The minimum absolute atomic E-state index is 0.434. The van der Waals surface area contributed by atoms with Crippen LogP contribution in [-0.4, -0.2) is 44.5 Å². The summed E-state index contributed by atoms with van der Waals surface area (Å²) in [6.07, 6.45) is 2.72. The summed E-state index contributed by atoms with van der Waals surface area (Å²) in [6, 6.07) is 0. The van der Waals surface area contributed by atoms with Gasteiger partial charge in [0.15, 0.2) is 5.82 Å². The molecule has 2 heterocycles. The Morgan fingerprint density at radius 2 is 2.04 bits per heavy atom. The molecule has 0 aliphatic heterocycles. The summed E-state index contributed by atoms with van der Waals surface area (Å²) in [6.45, 7) is 5.01. The lowest BCUT2D eigenvalue weighted by atomic mass is 9.80. The highest BCUT2D eigenvalue weighted by Crippen LogP contribution is 2.36. The maximum atomic E-state index is 10.6. The van der Waals surface area contributed by atoms with Crippen molar-refractivity contribution in [3.05, 3.63) is 17.1 Å². The number of hydrogen-bond donors (Lipinski definition) is 2. The molecule has 7 nitrogen and oxygen atoms in total. The third kappa shape index (κ3) is 2.80. The highest BCUT2D eigenvalue weighted by molar-refractivity contribution is 5.88. The molecule has 0 aromatic carbocycles. The number of imidazole rings is 1. The Morgan fingerprint density at radius 1 is 1.35 bits per heavy atom. The number of fused-ring (bicyclic) bond motifs is 1. The van der Waals surface area contributed by atoms with E-state index in [9.17, 15) is 5.11 Å². The molecular formula is C16H25N5O2. The number of nitrogen functional groups attached to an aromatic ring is 1. The van der Waals surface area contributed by atoms with Gasteiger partial charge in [-0.15, -0.1) is 0 Å². The maximum absolute atomic E-state index is 10.6. The average molecular weight is 319 g/mol. The van der Waals surface area contributed by atoms with E-state index >= 15 is 0 Å². The normalized spacial score (nSPS) is 17.0. The van der Waals surface area contributed by atoms with E-state index in [1.54, 1.807) is 12.2 Å². The third-order valence-electron chi connectivity index (χ3n) is 4.89.